The molecule has 1 saturated heterocycles. The molecule has 12 nitrogen and oxygen atoms in total. The smallest absolute Gasteiger partial charge is 0.352 e. The number of nitrogen functional groups attached to an aromatic ring is 1. The molecule has 0 saturated carbocycles. The molecule has 35 heavy (non-hydrogen) atoms. The van der Waals surface area contributed by atoms with Crippen LogP contribution in [0.2, 0.25) is 0 Å². The van der Waals surface area contributed by atoms with Crippen LogP contribution in [0.15, 0.2) is 52.1 Å². The summed E-state index contributed by atoms with van der Waals surface area (Å²) in [6.07, 6.45) is 0.381. The molecule has 182 valence electrons. The van der Waals surface area contributed by atoms with Gasteiger partial charge >= 0.3 is 11.9 Å². The molecular weight excluding hydrogens is 498 g/mol. The van der Waals surface area contributed by atoms with E-state index in [1.54, 1.807) is 0 Å². The first kappa shape index (κ1) is 24.2. The number of benzene rings is 1. The number of nitrogens with one attached hydrogen (secondary N) is 1. The number of β-lactam (4-membered cyclic amide) rings is 1. The standard InChI is InChI=1S/C21H19N5O7S2/c22-21-23-12(9-35-21)14(25-33-7-13(27)28)17(29)24-15-18(30)26-16(20(31)32)11(8-34-19(15)26)6-10-4-2-1-3-5-10/h1-5,9,15,19H,6-8H2,(H2,22,23)(H,24,29)(H,27,28)(H,31,32)/t15?,19-/m0/s1. The molecule has 0 radical (unpaired) electrons. The van der Waals surface area contributed by atoms with E-state index >= 15 is 0 Å². The van der Waals surface area contributed by atoms with E-state index in [4.69, 9.17) is 15.7 Å². The number of nitrogens with two attached hydrogens (primary N) is 1. The Kier molecular flexibility index (Phi) is 7.02. The first-order valence-electron chi connectivity index (χ1n) is 10.1. The lowest BCUT2D eigenvalue weighted by Gasteiger charge is -2.49. The van der Waals surface area contributed by atoms with Gasteiger partial charge < -0.3 is 26.1 Å². The number of anilines is 1. The summed E-state index contributed by atoms with van der Waals surface area (Å²) >= 11 is 2.37. The highest BCUT2D eigenvalue weighted by Crippen LogP contribution is 2.41. The highest BCUT2D eigenvalue weighted by atomic mass is 32.2. The second kappa shape index (κ2) is 10.1. The minimum Gasteiger partial charge on any atom is -0.479 e. The van der Waals surface area contributed by atoms with Crippen LogP contribution in [0.4, 0.5) is 5.13 Å². The Morgan fingerprint density at radius 1 is 1.26 bits per heavy atom. The number of rotatable bonds is 9. The highest BCUT2D eigenvalue weighted by Gasteiger charge is 2.54. The summed E-state index contributed by atoms with van der Waals surface area (Å²) in [5, 5.41) is 25.6. The molecule has 2 atom stereocenters. The lowest BCUT2D eigenvalue weighted by molar-refractivity contribution is -0.150. The summed E-state index contributed by atoms with van der Waals surface area (Å²) in [5.41, 5.74) is 6.74. The third kappa shape index (κ3) is 5.12. The molecule has 14 heteroatoms. The minimum absolute atomic E-state index is 0.0478. The molecule has 0 spiro atoms. The minimum atomic E-state index is -1.30. The van der Waals surface area contributed by atoms with Crippen LogP contribution >= 0.6 is 23.1 Å². The van der Waals surface area contributed by atoms with Crippen LogP contribution in [0.5, 0.6) is 0 Å². The number of thioether (sulfide) groups is 1. The van der Waals surface area contributed by atoms with Crippen LogP contribution in [0.1, 0.15) is 11.3 Å². The zero-order chi connectivity index (χ0) is 25.1. The second-order valence-electron chi connectivity index (χ2n) is 7.46. The average molecular weight is 518 g/mol. The summed E-state index contributed by atoms with van der Waals surface area (Å²) in [5.74, 6) is -3.57. The van der Waals surface area contributed by atoms with Crippen LogP contribution in [0.25, 0.3) is 0 Å². The van der Waals surface area contributed by atoms with Crippen LogP contribution in [0.3, 0.4) is 0 Å². The Hall–Kier alpha value is -3.91. The zero-order valence-corrected chi connectivity index (χ0v) is 19.5. The number of aromatic nitrogens is 1. The van der Waals surface area contributed by atoms with Gasteiger partial charge in [-0.1, -0.05) is 35.5 Å². The molecule has 1 unspecified atom stereocenters. The van der Waals surface area contributed by atoms with Crippen molar-refractivity contribution in [3.05, 3.63) is 58.2 Å². The molecule has 1 aromatic carbocycles. The van der Waals surface area contributed by atoms with Gasteiger partial charge in [0.2, 0.25) is 6.61 Å². The second-order valence-corrected chi connectivity index (χ2v) is 9.45. The van der Waals surface area contributed by atoms with Crippen molar-refractivity contribution in [2.24, 2.45) is 5.16 Å². The van der Waals surface area contributed by atoms with Crippen LogP contribution in [-0.4, -0.2) is 73.3 Å². The monoisotopic (exact) mass is 517 g/mol. The molecule has 0 bridgehead atoms. The fourth-order valence-corrected chi connectivity index (χ4v) is 5.52. The van der Waals surface area contributed by atoms with Gasteiger partial charge in [-0.05, 0) is 17.6 Å². The SMILES string of the molecule is Nc1nc(C(=NOCC(=O)O)C(=O)NC2C(=O)N3C(C(=O)O)=C(Cc4ccccc4)CS[C@@H]23)cs1. The number of hydrogen-bond donors (Lipinski definition) is 4. The topological polar surface area (TPSA) is 185 Å². The first-order valence-corrected chi connectivity index (χ1v) is 12.1. The number of amides is 2. The molecule has 2 aliphatic heterocycles. The summed E-state index contributed by atoms with van der Waals surface area (Å²) in [4.78, 5) is 58.4. The summed E-state index contributed by atoms with van der Waals surface area (Å²) < 4.78 is 0. The highest BCUT2D eigenvalue weighted by molar-refractivity contribution is 8.00. The number of carboxylic acids is 2. The molecule has 1 aromatic heterocycles. The third-order valence-corrected chi connectivity index (χ3v) is 7.13. The van der Waals surface area contributed by atoms with Gasteiger partial charge in [0.05, 0.1) is 0 Å². The summed E-state index contributed by atoms with van der Waals surface area (Å²) in [7, 11) is 0. The largest absolute Gasteiger partial charge is 0.479 e. The molecule has 1 fully saturated rings. The maximum Gasteiger partial charge on any atom is 0.352 e. The molecule has 2 amide bonds. The summed E-state index contributed by atoms with van der Waals surface area (Å²) in [6.45, 7) is -0.790. The van der Waals surface area contributed by atoms with E-state index in [2.05, 4.69) is 15.5 Å². The van der Waals surface area contributed by atoms with Gasteiger partial charge in [0.15, 0.2) is 10.8 Å². The number of fused-ring (bicyclic) bond motifs is 1. The Labute approximate surface area is 206 Å². The number of carboxylic acid groups (broad SMARTS) is 2. The van der Waals surface area contributed by atoms with E-state index in [9.17, 15) is 24.3 Å². The number of nitrogens with zero attached hydrogens (tertiary/aromatic N) is 3. The number of carbonyl (C=O) groups excluding carboxylic acids is 2. The van der Waals surface area contributed by atoms with Crippen molar-refractivity contribution in [3.8, 4) is 0 Å². The zero-order valence-electron chi connectivity index (χ0n) is 17.9. The maximum atomic E-state index is 12.9. The number of aliphatic carboxylic acids is 2. The van der Waals surface area contributed by atoms with Crippen molar-refractivity contribution < 1.29 is 34.2 Å². The molecule has 2 aromatic rings. The predicted octanol–water partition coefficient (Wildman–Crippen LogP) is 0.512. The number of carbonyl (C=O) groups is 4. The van der Waals surface area contributed by atoms with E-state index in [0.29, 0.717) is 17.7 Å². The Morgan fingerprint density at radius 2 is 2.00 bits per heavy atom. The van der Waals surface area contributed by atoms with Crippen molar-refractivity contribution in [2.45, 2.75) is 17.8 Å². The van der Waals surface area contributed by atoms with Crippen molar-refractivity contribution in [1.82, 2.24) is 15.2 Å². The fourth-order valence-electron chi connectivity index (χ4n) is 3.62. The van der Waals surface area contributed by atoms with Crippen LogP contribution < -0.4 is 11.1 Å². The predicted molar refractivity (Wildman–Crippen MR) is 126 cm³/mol. The maximum absolute atomic E-state index is 12.9. The van der Waals surface area contributed by atoms with Gasteiger partial charge in [-0.2, -0.15) is 0 Å². The lowest BCUT2D eigenvalue weighted by Crippen LogP contribution is -2.71. The molecule has 0 aliphatic carbocycles. The normalized spacial score (nSPS) is 19.6. The van der Waals surface area contributed by atoms with Crippen LogP contribution in [0, 0.1) is 0 Å². The fraction of sp³-hybridized carbons (Fsp3) is 0.238. The number of oxime groups is 1. The van der Waals surface area contributed by atoms with Gasteiger partial charge in [0.1, 0.15) is 22.8 Å². The molecule has 5 N–H and O–H groups in total. The van der Waals surface area contributed by atoms with Gasteiger partial charge in [0.25, 0.3) is 11.8 Å². The third-order valence-electron chi connectivity index (χ3n) is 5.12. The Bertz CT molecular complexity index is 1240. The summed E-state index contributed by atoms with van der Waals surface area (Å²) in [6, 6.07) is 8.31. The first-order chi connectivity index (χ1) is 16.8. The molecular formula is C21H19N5O7S2. The number of thiazole rings is 1. The van der Waals surface area contributed by atoms with E-state index < -0.39 is 41.8 Å². The molecule has 4 rings (SSSR count). The lowest BCUT2D eigenvalue weighted by atomic mass is 9.99. The van der Waals surface area contributed by atoms with Gasteiger partial charge in [-0.3, -0.25) is 14.5 Å². The number of hydrogen-bond acceptors (Lipinski definition) is 10. The van der Waals surface area contributed by atoms with E-state index in [0.717, 1.165) is 16.9 Å². The van der Waals surface area contributed by atoms with Crippen molar-refractivity contribution in [2.75, 3.05) is 18.1 Å². The van der Waals surface area contributed by atoms with Crippen LogP contribution in [-0.2, 0) is 30.4 Å². The Morgan fingerprint density at radius 3 is 2.63 bits per heavy atom. The Balaban J connectivity index is 1.52. The molecule has 2 aliphatic rings. The van der Waals surface area contributed by atoms with Crippen molar-refractivity contribution in [1.29, 1.82) is 0 Å². The average Bonchev–Trinajstić information content (AvgIpc) is 3.25. The molecule has 3 heterocycles. The quantitative estimate of drug-likeness (QED) is 0.208. The van der Waals surface area contributed by atoms with Gasteiger partial charge in [-0.15, -0.1) is 23.1 Å². The van der Waals surface area contributed by atoms with Gasteiger partial charge in [-0.25, -0.2) is 14.6 Å². The van der Waals surface area contributed by atoms with E-state index in [1.165, 1.54) is 22.0 Å². The van der Waals surface area contributed by atoms with Crippen molar-refractivity contribution in [3.63, 3.8) is 0 Å². The van der Waals surface area contributed by atoms with E-state index in [1.807, 2.05) is 30.3 Å². The van der Waals surface area contributed by atoms with Gasteiger partial charge in [0, 0.05) is 11.1 Å². The van der Waals surface area contributed by atoms with E-state index in [-0.39, 0.29) is 22.2 Å². The van der Waals surface area contributed by atoms with Crippen molar-refractivity contribution >= 4 is 57.7 Å².